The minimum absolute atomic E-state index is 0.168. The molecular weight excluding hydrogens is 212 g/mol. The normalized spacial score (nSPS) is 51.8. The van der Waals surface area contributed by atoms with Crippen LogP contribution in [-0.2, 0) is 19.0 Å². The van der Waals surface area contributed by atoms with Crippen LogP contribution in [0.3, 0.4) is 0 Å². The molecule has 5 nitrogen and oxygen atoms in total. The van der Waals surface area contributed by atoms with Gasteiger partial charge in [0.2, 0.25) is 5.79 Å². The second kappa shape index (κ2) is 3.18. The maximum absolute atomic E-state index is 11.2. The van der Waals surface area contributed by atoms with E-state index in [1.807, 2.05) is 0 Å². The Labute approximate surface area is 93.7 Å². The molecule has 16 heavy (non-hydrogen) atoms. The first kappa shape index (κ1) is 10.5. The standard InChI is InChI=1S/C11H16O5/c1-10(13)5-14-11(15-6-10)3-2-7-4-8(12)16-9(7)11/h7,9,13H,2-6H2,1H3/t7-,9+,10?,11?/m0/s1. The Hall–Kier alpha value is -0.650. The SMILES string of the molecule is CC1(O)COC2(CC[C@H]3CC(=O)O[C@H]32)OC1. The Morgan fingerprint density at radius 3 is 2.75 bits per heavy atom. The van der Waals surface area contributed by atoms with Crippen LogP contribution < -0.4 is 0 Å². The highest BCUT2D eigenvalue weighted by atomic mass is 16.7. The number of carbonyl (C=O) groups is 1. The Morgan fingerprint density at radius 1 is 1.38 bits per heavy atom. The molecule has 0 aromatic heterocycles. The molecule has 0 aromatic rings. The minimum Gasteiger partial charge on any atom is -0.456 e. The van der Waals surface area contributed by atoms with Crippen LogP contribution in [0.4, 0.5) is 0 Å². The fourth-order valence-electron chi connectivity index (χ4n) is 2.79. The number of rotatable bonds is 0. The van der Waals surface area contributed by atoms with Gasteiger partial charge in [0, 0.05) is 12.3 Å². The summed E-state index contributed by atoms with van der Waals surface area (Å²) in [5, 5.41) is 9.75. The third-order valence-corrected chi connectivity index (χ3v) is 3.67. The van der Waals surface area contributed by atoms with E-state index in [2.05, 4.69) is 0 Å². The van der Waals surface area contributed by atoms with Gasteiger partial charge in [-0.2, -0.15) is 0 Å². The summed E-state index contributed by atoms with van der Waals surface area (Å²) in [5.74, 6) is -0.742. The molecule has 0 amide bonds. The van der Waals surface area contributed by atoms with E-state index in [9.17, 15) is 9.90 Å². The van der Waals surface area contributed by atoms with Crippen LogP contribution in [0.2, 0.25) is 0 Å². The smallest absolute Gasteiger partial charge is 0.306 e. The molecule has 2 heterocycles. The van der Waals surface area contributed by atoms with Crippen LogP contribution in [-0.4, -0.2) is 41.8 Å². The zero-order chi connectivity index (χ0) is 11.4. The lowest BCUT2D eigenvalue weighted by molar-refractivity contribution is -0.336. The molecule has 1 aliphatic carbocycles. The van der Waals surface area contributed by atoms with E-state index in [4.69, 9.17) is 14.2 Å². The summed E-state index contributed by atoms with van der Waals surface area (Å²) in [5.41, 5.74) is -0.939. The topological polar surface area (TPSA) is 65.0 Å². The lowest BCUT2D eigenvalue weighted by atomic mass is 10.0. The fourth-order valence-corrected chi connectivity index (χ4v) is 2.79. The van der Waals surface area contributed by atoms with E-state index in [1.54, 1.807) is 6.92 Å². The molecule has 0 radical (unpaired) electrons. The van der Waals surface area contributed by atoms with Crippen LogP contribution >= 0.6 is 0 Å². The molecule has 2 aliphatic heterocycles. The Balaban J connectivity index is 1.78. The summed E-state index contributed by atoms with van der Waals surface area (Å²) in [6.45, 7) is 2.13. The van der Waals surface area contributed by atoms with Gasteiger partial charge in [-0.05, 0) is 13.3 Å². The zero-order valence-electron chi connectivity index (χ0n) is 9.27. The molecule has 3 fully saturated rings. The van der Waals surface area contributed by atoms with Crippen molar-refractivity contribution >= 4 is 5.97 Å². The van der Waals surface area contributed by atoms with Gasteiger partial charge in [-0.25, -0.2) is 0 Å². The molecule has 5 heteroatoms. The monoisotopic (exact) mass is 228 g/mol. The fraction of sp³-hybridized carbons (Fsp3) is 0.909. The van der Waals surface area contributed by atoms with Crippen LogP contribution in [0.15, 0.2) is 0 Å². The first-order valence-corrected chi connectivity index (χ1v) is 5.71. The lowest BCUT2D eigenvalue weighted by Gasteiger charge is -2.42. The van der Waals surface area contributed by atoms with Crippen molar-refractivity contribution in [1.82, 2.24) is 0 Å². The van der Waals surface area contributed by atoms with Gasteiger partial charge in [0.1, 0.15) is 5.60 Å². The van der Waals surface area contributed by atoms with Gasteiger partial charge in [-0.3, -0.25) is 4.79 Å². The van der Waals surface area contributed by atoms with E-state index in [0.717, 1.165) is 12.8 Å². The van der Waals surface area contributed by atoms with Gasteiger partial charge in [0.15, 0.2) is 6.10 Å². The van der Waals surface area contributed by atoms with Gasteiger partial charge < -0.3 is 19.3 Å². The maximum atomic E-state index is 11.2. The summed E-state index contributed by atoms with van der Waals surface area (Å²) >= 11 is 0. The lowest BCUT2D eigenvalue weighted by Crippen LogP contribution is -2.56. The molecule has 3 aliphatic rings. The van der Waals surface area contributed by atoms with Gasteiger partial charge in [0.05, 0.1) is 19.6 Å². The van der Waals surface area contributed by atoms with Gasteiger partial charge in [-0.1, -0.05) is 0 Å². The number of fused-ring (bicyclic) bond motifs is 2. The summed E-state index contributed by atoms with van der Waals surface area (Å²) in [6, 6.07) is 0. The molecule has 0 unspecified atom stereocenters. The van der Waals surface area contributed by atoms with E-state index in [0.29, 0.717) is 6.42 Å². The molecular formula is C11H16O5. The summed E-state index contributed by atoms with van der Waals surface area (Å²) < 4.78 is 16.6. The number of hydrogen-bond acceptors (Lipinski definition) is 5. The molecule has 0 aromatic carbocycles. The van der Waals surface area contributed by atoms with Crippen LogP contribution in [0.25, 0.3) is 0 Å². The summed E-state index contributed by atoms with van der Waals surface area (Å²) in [6.07, 6.45) is 1.82. The second-order valence-electron chi connectivity index (χ2n) is 5.30. The molecule has 0 bridgehead atoms. The summed E-state index contributed by atoms with van der Waals surface area (Å²) in [4.78, 5) is 11.2. The van der Waals surface area contributed by atoms with Crippen molar-refractivity contribution in [2.75, 3.05) is 13.2 Å². The molecule has 90 valence electrons. The van der Waals surface area contributed by atoms with Crippen LogP contribution in [0, 0.1) is 5.92 Å². The van der Waals surface area contributed by atoms with E-state index in [-0.39, 0.29) is 31.2 Å². The first-order valence-electron chi connectivity index (χ1n) is 5.71. The predicted octanol–water partition coefficient (Wildman–Crippen LogP) is 0.206. The Kier molecular flexibility index (Phi) is 2.09. The van der Waals surface area contributed by atoms with Crippen LogP contribution in [0.5, 0.6) is 0 Å². The second-order valence-corrected chi connectivity index (χ2v) is 5.30. The molecule has 1 N–H and O–H groups in total. The average Bonchev–Trinajstić information content (AvgIpc) is 2.72. The summed E-state index contributed by atoms with van der Waals surface area (Å²) in [7, 11) is 0. The Bertz CT molecular complexity index is 314. The number of carbonyl (C=O) groups excluding carboxylic acids is 1. The van der Waals surface area contributed by atoms with Crippen LogP contribution in [0.1, 0.15) is 26.2 Å². The molecule has 1 spiro atoms. The highest BCUT2D eigenvalue weighted by Crippen LogP contribution is 2.47. The molecule has 3 rings (SSSR count). The highest BCUT2D eigenvalue weighted by Gasteiger charge is 2.59. The van der Waals surface area contributed by atoms with Crippen molar-refractivity contribution in [1.29, 1.82) is 0 Å². The molecule has 1 saturated carbocycles. The number of ether oxygens (including phenoxy) is 3. The third kappa shape index (κ3) is 1.46. The van der Waals surface area contributed by atoms with E-state index < -0.39 is 11.4 Å². The van der Waals surface area contributed by atoms with Crippen molar-refractivity contribution < 1.29 is 24.1 Å². The largest absolute Gasteiger partial charge is 0.456 e. The molecule has 2 saturated heterocycles. The maximum Gasteiger partial charge on any atom is 0.306 e. The minimum atomic E-state index is -0.939. The molecule has 2 atom stereocenters. The van der Waals surface area contributed by atoms with E-state index >= 15 is 0 Å². The quantitative estimate of drug-likeness (QED) is 0.600. The number of aliphatic hydroxyl groups is 1. The van der Waals surface area contributed by atoms with Crippen molar-refractivity contribution in [2.24, 2.45) is 5.92 Å². The Morgan fingerprint density at radius 2 is 2.06 bits per heavy atom. The predicted molar refractivity (Wildman–Crippen MR) is 52.5 cm³/mol. The number of esters is 1. The zero-order valence-corrected chi connectivity index (χ0v) is 9.27. The van der Waals surface area contributed by atoms with Gasteiger partial charge in [0.25, 0.3) is 0 Å². The highest BCUT2D eigenvalue weighted by molar-refractivity contribution is 5.72. The third-order valence-electron chi connectivity index (χ3n) is 3.67. The number of hydrogen-bond donors (Lipinski definition) is 1. The average molecular weight is 228 g/mol. The van der Waals surface area contributed by atoms with Gasteiger partial charge in [-0.15, -0.1) is 0 Å². The first-order chi connectivity index (χ1) is 7.51. The van der Waals surface area contributed by atoms with E-state index in [1.165, 1.54) is 0 Å². The van der Waals surface area contributed by atoms with Crippen molar-refractivity contribution in [2.45, 2.75) is 43.7 Å². The van der Waals surface area contributed by atoms with Crippen molar-refractivity contribution in [3.05, 3.63) is 0 Å². The van der Waals surface area contributed by atoms with Crippen molar-refractivity contribution in [3.8, 4) is 0 Å². The van der Waals surface area contributed by atoms with Gasteiger partial charge >= 0.3 is 5.97 Å². The van der Waals surface area contributed by atoms with Crippen molar-refractivity contribution in [3.63, 3.8) is 0 Å².